The summed E-state index contributed by atoms with van der Waals surface area (Å²) >= 11 is 11.2. The van der Waals surface area contributed by atoms with E-state index in [4.69, 9.17) is 28.6 Å². The minimum Gasteiger partial charge on any atom is -0.378 e. The van der Waals surface area contributed by atoms with Crippen LogP contribution in [0.1, 0.15) is 5.56 Å². The third kappa shape index (κ3) is 3.35. The van der Waals surface area contributed by atoms with Gasteiger partial charge in [0.1, 0.15) is 10.2 Å². The number of morpholine rings is 1. The number of anilines is 1. The van der Waals surface area contributed by atoms with E-state index >= 15 is 0 Å². The highest BCUT2D eigenvalue weighted by Crippen LogP contribution is 2.19. The number of rotatable bonds is 3. The first-order valence-electron chi connectivity index (χ1n) is 8.19. The van der Waals surface area contributed by atoms with Crippen LogP contribution < -0.4 is 10.6 Å². The summed E-state index contributed by atoms with van der Waals surface area (Å²) in [6.45, 7) is 3.15. The molecule has 3 aromatic rings. The summed E-state index contributed by atoms with van der Waals surface area (Å²) in [6.07, 6.45) is 0. The molecule has 0 unspecified atom stereocenters. The molecular formula is C17H16ClN5O2S. The molecule has 1 saturated heterocycles. The summed E-state index contributed by atoms with van der Waals surface area (Å²) in [6, 6.07) is 9.25. The largest absolute Gasteiger partial charge is 0.378 e. The molecule has 26 heavy (non-hydrogen) atoms. The lowest BCUT2D eigenvalue weighted by molar-refractivity contribution is 0.122. The van der Waals surface area contributed by atoms with Crippen LogP contribution >= 0.6 is 23.8 Å². The van der Waals surface area contributed by atoms with Gasteiger partial charge in [0.05, 0.1) is 25.3 Å². The zero-order valence-electron chi connectivity index (χ0n) is 13.8. The van der Waals surface area contributed by atoms with Gasteiger partial charge in [-0.15, -0.1) is 10.2 Å². The minimum absolute atomic E-state index is 0.279. The molecule has 0 atom stereocenters. The van der Waals surface area contributed by atoms with Gasteiger partial charge >= 0.3 is 5.69 Å². The van der Waals surface area contributed by atoms with E-state index in [0.29, 0.717) is 46.3 Å². The molecule has 1 aliphatic heterocycles. The summed E-state index contributed by atoms with van der Waals surface area (Å²) in [5.74, 6) is 0.714. The topological polar surface area (TPSA) is 76.0 Å². The fraction of sp³-hybridized carbons (Fsp3) is 0.294. The van der Waals surface area contributed by atoms with Gasteiger partial charge < -0.3 is 9.64 Å². The molecule has 0 saturated carbocycles. The highest BCUT2D eigenvalue weighted by atomic mass is 35.5. The van der Waals surface area contributed by atoms with E-state index in [1.54, 1.807) is 16.7 Å². The van der Waals surface area contributed by atoms with Gasteiger partial charge in [-0.2, -0.15) is 0 Å². The monoisotopic (exact) mass is 389 g/mol. The first-order chi connectivity index (χ1) is 12.6. The molecule has 0 amide bonds. The van der Waals surface area contributed by atoms with E-state index in [-0.39, 0.29) is 5.69 Å². The zero-order valence-corrected chi connectivity index (χ0v) is 15.4. The average Bonchev–Trinajstić information content (AvgIpc) is 2.67. The zero-order chi connectivity index (χ0) is 18.1. The van der Waals surface area contributed by atoms with Crippen molar-refractivity contribution < 1.29 is 4.74 Å². The van der Waals surface area contributed by atoms with E-state index in [0.717, 1.165) is 18.7 Å². The Hall–Kier alpha value is -2.29. The second-order valence-corrected chi connectivity index (χ2v) is 6.85. The van der Waals surface area contributed by atoms with Crippen molar-refractivity contribution in [3.05, 3.63) is 56.0 Å². The molecule has 0 radical (unpaired) electrons. The molecule has 1 N–H and O–H groups in total. The first-order valence-corrected chi connectivity index (χ1v) is 8.98. The number of aromatic nitrogens is 4. The van der Waals surface area contributed by atoms with Gasteiger partial charge in [-0.3, -0.25) is 9.55 Å². The maximum atomic E-state index is 12.5. The predicted molar refractivity (Wildman–Crippen MR) is 103 cm³/mol. The Morgan fingerprint density at radius 1 is 1.19 bits per heavy atom. The Bertz CT molecular complexity index is 1060. The van der Waals surface area contributed by atoms with Gasteiger partial charge in [-0.1, -0.05) is 36.0 Å². The molecular weight excluding hydrogens is 374 g/mol. The summed E-state index contributed by atoms with van der Waals surface area (Å²) < 4.78 is 7.29. The van der Waals surface area contributed by atoms with Crippen LogP contribution in [0.25, 0.3) is 11.0 Å². The quantitative estimate of drug-likeness (QED) is 0.693. The Balaban J connectivity index is 1.83. The maximum absolute atomic E-state index is 12.5. The van der Waals surface area contributed by atoms with E-state index in [1.807, 2.05) is 18.2 Å². The highest BCUT2D eigenvalue weighted by Gasteiger charge is 2.16. The van der Waals surface area contributed by atoms with Crippen molar-refractivity contribution in [3.63, 3.8) is 0 Å². The number of H-pyrrole nitrogens is 1. The molecule has 0 bridgehead atoms. The lowest BCUT2D eigenvalue weighted by atomic mass is 10.2. The lowest BCUT2D eigenvalue weighted by Crippen LogP contribution is -2.37. The van der Waals surface area contributed by atoms with Crippen LogP contribution in [-0.2, 0) is 11.3 Å². The molecule has 1 aliphatic rings. The maximum Gasteiger partial charge on any atom is 0.327 e. The van der Waals surface area contributed by atoms with Crippen molar-refractivity contribution in [2.45, 2.75) is 6.54 Å². The Kier molecular flexibility index (Phi) is 4.71. The summed E-state index contributed by atoms with van der Waals surface area (Å²) in [4.78, 5) is 17.3. The fourth-order valence-corrected chi connectivity index (χ4v) is 3.31. The second-order valence-electron chi connectivity index (χ2n) is 6.01. The lowest BCUT2D eigenvalue weighted by Gasteiger charge is -2.27. The number of ether oxygens (including phenoxy) is 1. The van der Waals surface area contributed by atoms with Gasteiger partial charge in [0.2, 0.25) is 0 Å². The Morgan fingerprint density at radius 2 is 1.92 bits per heavy atom. The second kappa shape index (κ2) is 7.14. The number of hydrogen-bond donors (Lipinski definition) is 1. The van der Waals surface area contributed by atoms with Crippen molar-refractivity contribution in [3.8, 4) is 0 Å². The average molecular weight is 390 g/mol. The van der Waals surface area contributed by atoms with Crippen molar-refractivity contribution in [2.75, 3.05) is 31.2 Å². The number of hydrogen-bond acceptors (Lipinski definition) is 6. The Morgan fingerprint density at radius 3 is 2.65 bits per heavy atom. The fourth-order valence-electron chi connectivity index (χ4n) is 2.95. The van der Waals surface area contributed by atoms with Crippen molar-refractivity contribution in [2.24, 2.45) is 0 Å². The molecule has 1 fully saturated rings. The van der Waals surface area contributed by atoms with Gasteiger partial charge in [-0.05, 0) is 17.7 Å². The van der Waals surface area contributed by atoms with Crippen LogP contribution in [0.3, 0.4) is 0 Å². The molecule has 0 aliphatic carbocycles. The van der Waals surface area contributed by atoms with Crippen molar-refractivity contribution in [1.82, 2.24) is 19.7 Å². The molecule has 9 heteroatoms. The third-order valence-corrected chi connectivity index (χ3v) is 4.87. The van der Waals surface area contributed by atoms with Crippen LogP contribution in [0.15, 0.2) is 35.1 Å². The summed E-state index contributed by atoms with van der Waals surface area (Å²) in [5.41, 5.74) is 1.84. The molecule has 3 heterocycles. The van der Waals surface area contributed by atoms with Crippen LogP contribution in [-0.4, -0.2) is 46.1 Å². The van der Waals surface area contributed by atoms with Gasteiger partial charge in [0, 0.05) is 24.2 Å². The van der Waals surface area contributed by atoms with Crippen molar-refractivity contribution in [1.29, 1.82) is 0 Å². The molecule has 2 aromatic heterocycles. The van der Waals surface area contributed by atoms with E-state index < -0.39 is 0 Å². The van der Waals surface area contributed by atoms with Crippen LogP contribution in [0, 0.1) is 4.64 Å². The van der Waals surface area contributed by atoms with Crippen molar-refractivity contribution >= 4 is 40.7 Å². The van der Waals surface area contributed by atoms with Crippen LogP contribution in [0.5, 0.6) is 0 Å². The van der Waals surface area contributed by atoms with Gasteiger partial charge in [-0.25, -0.2) is 4.79 Å². The third-order valence-electron chi connectivity index (χ3n) is 4.32. The molecule has 4 rings (SSSR count). The van der Waals surface area contributed by atoms with Crippen LogP contribution in [0.2, 0.25) is 5.02 Å². The minimum atomic E-state index is -0.279. The van der Waals surface area contributed by atoms with E-state index in [2.05, 4.69) is 20.1 Å². The number of halogens is 1. The predicted octanol–water partition coefficient (Wildman–Crippen LogP) is 2.39. The number of nitrogens with zero attached hydrogens (tertiary/aromatic N) is 4. The number of benzene rings is 1. The van der Waals surface area contributed by atoms with Gasteiger partial charge in [0.25, 0.3) is 0 Å². The molecule has 1 aromatic carbocycles. The molecule has 0 spiro atoms. The highest BCUT2D eigenvalue weighted by molar-refractivity contribution is 7.71. The normalized spacial score (nSPS) is 14.7. The molecule has 7 nitrogen and oxygen atoms in total. The standard InChI is InChI=1S/C17H16ClN5O2S/c18-12-3-1-11(2-4-12)10-23-13-9-14(22-5-7-25-8-6-22)20-21-15(13)16(26)19-17(23)24/h1-4,9H,5-8,10H2,(H,19,24,26). The van der Waals surface area contributed by atoms with Crippen LogP contribution in [0.4, 0.5) is 5.82 Å². The number of nitrogens with one attached hydrogen (secondary N) is 1. The van der Waals surface area contributed by atoms with E-state index in [1.165, 1.54) is 0 Å². The van der Waals surface area contributed by atoms with E-state index in [9.17, 15) is 4.79 Å². The summed E-state index contributed by atoms with van der Waals surface area (Å²) in [7, 11) is 0. The number of aromatic amines is 1. The van der Waals surface area contributed by atoms with Gasteiger partial charge in [0.15, 0.2) is 5.82 Å². The summed E-state index contributed by atoms with van der Waals surface area (Å²) in [5, 5.41) is 9.20. The number of fused-ring (bicyclic) bond motifs is 1. The smallest absolute Gasteiger partial charge is 0.327 e. The Labute approximate surface area is 159 Å². The first kappa shape index (κ1) is 17.1. The molecule has 134 valence electrons. The SMILES string of the molecule is O=c1[nH]c(=S)c2nnc(N3CCOCC3)cc2n1Cc1ccc(Cl)cc1.